The quantitative estimate of drug-likeness (QED) is 0.784. The average molecular weight is 301 g/mol. The van der Waals surface area contributed by atoms with E-state index in [1.807, 2.05) is 30.5 Å². The first kappa shape index (κ1) is 14.9. The predicted molar refractivity (Wildman–Crippen MR) is 86.7 cm³/mol. The summed E-state index contributed by atoms with van der Waals surface area (Å²) < 4.78 is 10.7. The highest BCUT2D eigenvalue weighted by Crippen LogP contribution is 2.37. The van der Waals surface area contributed by atoms with E-state index in [0.29, 0.717) is 6.42 Å². The lowest BCUT2D eigenvalue weighted by Gasteiger charge is -2.35. The summed E-state index contributed by atoms with van der Waals surface area (Å²) in [5.74, 6) is 1.55. The van der Waals surface area contributed by atoms with E-state index in [1.165, 1.54) is 11.1 Å². The molecule has 0 saturated carbocycles. The number of methoxy groups -OCH3 is 2. The molecule has 2 unspecified atom stereocenters. The zero-order valence-electron chi connectivity index (χ0n) is 13.1. The van der Waals surface area contributed by atoms with Gasteiger partial charge in [0.2, 0.25) is 0 Å². The third-order valence-corrected chi connectivity index (χ3v) is 4.56. The van der Waals surface area contributed by atoms with Crippen molar-refractivity contribution in [3.8, 4) is 11.5 Å². The van der Waals surface area contributed by atoms with Crippen LogP contribution in [0.25, 0.3) is 0 Å². The molecule has 5 nitrogen and oxygen atoms in total. The third-order valence-electron chi connectivity index (χ3n) is 4.56. The molecule has 3 rings (SSSR count). The van der Waals surface area contributed by atoms with E-state index in [0.717, 1.165) is 29.9 Å². The molecule has 0 saturated heterocycles. The summed E-state index contributed by atoms with van der Waals surface area (Å²) in [4.78, 5) is 0. The van der Waals surface area contributed by atoms with Crippen molar-refractivity contribution in [1.29, 1.82) is 0 Å². The standard InChI is InChI=1S/C17H23N3O2/c1-21-12-4-3-11(16(9-12)22-2)10-17(19)14-5-6-15(18)13(14)7-8-20-17/h3-4,7-9,15,20H,5-6,10,18-19H2,1-2H3. The Labute approximate surface area is 131 Å². The van der Waals surface area contributed by atoms with Crippen molar-refractivity contribution in [2.75, 3.05) is 14.2 Å². The van der Waals surface area contributed by atoms with E-state index in [-0.39, 0.29) is 6.04 Å². The van der Waals surface area contributed by atoms with Gasteiger partial charge in [-0.25, -0.2) is 0 Å². The van der Waals surface area contributed by atoms with Gasteiger partial charge in [-0.2, -0.15) is 0 Å². The zero-order chi connectivity index (χ0) is 15.7. The number of dihydropyridines is 1. The van der Waals surface area contributed by atoms with Gasteiger partial charge in [-0.15, -0.1) is 0 Å². The Morgan fingerprint density at radius 1 is 1.32 bits per heavy atom. The Hall–Kier alpha value is -1.98. The maximum absolute atomic E-state index is 6.67. The van der Waals surface area contributed by atoms with Gasteiger partial charge in [0.1, 0.15) is 17.2 Å². The van der Waals surface area contributed by atoms with Gasteiger partial charge in [0.05, 0.1) is 14.2 Å². The van der Waals surface area contributed by atoms with Crippen LogP contribution in [0.3, 0.4) is 0 Å². The molecule has 118 valence electrons. The van der Waals surface area contributed by atoms with Gasteiger partial charge in [-0.1, -0.05) is 6.07 Å². The number of hydrogen-bond donors (Lipinski definition) is 3. The molecule has 0 aromatic heterocycles. The first-order valence-electron chi connectivity index (χ1n) is 7.50. The van der Waals surface area contributed by atoms with Gasteiger partial charge in [0, 0.05) is 18.5 Å². The lowest BCUT2D eigenvalue weighted by atomic mass is 9.87. The van der Waals surface area contributed by atoms with Crippen LogP contribution >= 0.6 is 0 Å². The smallest absolute Gasteiger partial charge is 0.125 e. The summed E-state index contributed by atoms with van der Waals surface area (Å²) in [5, 5.41) is 3.31. The zero-order valence-corrected chi connectivity index (χ0v) is 13.1. The SMILES string of the molecule is COc1ccc(CC2(N)NC=CC3=C2CCC3N)c(OC)c1. The highest BCUT2D eigenvalue weighted by Gasteiger charge is 2.38. The molecule has 5 N–H and O–H groups in total. The van der Waals surface area contributed by atoms with Crippen molar-refractivity contribution in [3.63, 3.8) is 0 Å². The van der Waals surface area contributed by atoms with Crippen molar-refractivity contribution < 1.29 is 9.47 Å². The lowest BCUT2D eigenvalue weighted by molar-refractivity contribution is 0.378. The molecule has 0 fully saturated rings. The summed E-state index contributed by atoms with van der Waals surface area (Å²) in [5.41, 5.74) is 15.6. The van der Waals surface area contributed by atoms with Gasteiger partial charge < -0.3 is 26.3 Å². The maximum atomic E-state index is 6.67. The normalized spacial score (nSPS) is 26.6. The van der Waals surface area contributed by atoms with Crippen LogP contribution in [0.5, 0.6) is 11.5 Å². The molecule has 0 spiro atoms. The number of nitrogens with one attached hydrogen (secondary N) is 1. The largest absolute Gasteiger partial charge is 0.497 e. The fourth-order valence-electron chi connectivity index (χ4n) is 3.35. The number of benzene rings is 1. The summed E-state index contributed by atoms with van der Waals surface area (Å²) in [7, 11) is 3.30. The minimum absolute atomic E-state index is 0.0917. The molecule has 1 heterocycles. The van der Waals surface area contributed by atoms with Crippen LogP contribution < -0.4 is 26.3 Å². The van der Waals surface area contributed by atoms with E-state index in [1.54, 1.807) is 14.2 Å². The van der Waals surface area contributed by atoms with E-state index < -0.39 is 5.66 Å². The minimum Gasteiger partial charge on any atom is -0.497 e. The Balaban J connectivity index is 1.93. The summed E-state index contributed by atoms with van der Waals surface area (Å²) in [6.45, 7) is 0. The van der Waals surface area contributed by atoms with E-state index in [4.69, 9.17) is 20.9 Å². The van der Waals surface area contributed by atoms with Crippen LogP contribution in [0.2, 0.25) is 0 Å². The second-order valence-corrected chi connectivity index (χ2v) is 5.88. The van der Waals surface area contributed by atoms with Gasteiger partial charge in [-0.05, 0) is 47.9 Å². The molecule has 1 aromatic carbocycles. The molecule has 1 aromatic rings. The summed E-state index contributed by atoms with van der Waals surface area (Å²) in [6.07, 6.45) is 6.47. The van der Waals surface area contributed by atoms with Crippen molar-refractivity contribution in [2.24, 2.45) is 11.5 Å². The van der Waals surface area contributed by atoms with Crippen LogP contribution in [0, 0.1) is 0 Å². The van der Waals surface area contributed by atoms with Crippen LogP contribution in [0.15, 0.2) is 41.6 Å². The molecule has 1 aliphatic carbocycles. The fraction of sp³-hybridized carbons (Fsp3) is 0.412. The van der Waals surface area contributed by atoms with Crippen LogP contribution in [0.1, 0.15) is 18.4 Å². The van der Waals surface area contributed by atoms with Gasteiger partial charge >= 0.3 is 0 Å². The number of nitrogens with two attached hydrogens (primary N) is 2. The highest BCUT2D eigenvalue weighted by atomic mass is 16.5. The van der Waals surface area contributed by atoms with Crippen LogP contribution in [0.4, 0.5) is 0 Å². The average Bonchev–Trinajstić information content (AvgIpc) is 2.91. The van der Waals surface area contributed by atoms with Gasteiger partial charge in [0.15, 0.2) is 0 Å². The topological polar surface area (TPSA) is 82.5 Å². The van der Waals surface area contributed by atoms with Crippen LogP contribution in [-0.4, -0.2) is 25.9 Å². The van der Waals surface area contributed by atoms with Crippen molar-refractivity contribution in [1.82, 2.24) is 5.32 Å². The second-order valence-electron chi connectivity index (χ2n) is 5.88. The predicted octanol–water partition coefficient (Wildman–Crippen LogP) is 1.44. The van der Waals surface area contributed by atoms with Gasteiger partial charge in [0.25, 0.3) is 0 Å². The van der Waals surface area contributed by atoms with E-state index in [9.17, 15) is 0 Å². The number of ether oxygens (including phenoxy) is 2. The highest BCUT2D eigenvalue weighted by molar-refractivity contribution is 5.47. The van der Waals surface area contributed by atoms with E-state index in [2.05, 4.69) is 5.32 Å². The summed E-state index contributed by atoms with van der Waals surface area (Å²) in [6, 6.07) is 5.90. The number of rotatable bonds is 4. The molecule has 0 radical (unpaired) electrons. The van der Waals surface area contributed by atoms with Crippen molar-refractivity contribution in [3.05, 3.63) is 47.2 Å². The van der Waals surface area contributed by atoms with Crippen molar-refractivity contribution >= 4 is 0 Å². The molecule has 22 heavy (non-hydrogen) atoms. The monoisotopic (exact) mass is 301 g/mol. The van der Waals surface area contributed by atoms with Crippen LogP contribution in [-0.2, 0) is 6.42 Å². The first-order chi connectivity index (χ1) is 10.6. The molecule has 1 aliphatic heterocycles. The lowest BCUT2D eigenvalue weighted by Crippen LogP contribution is -2.56. The molecule has 0 amide bonds. The first-order valence-corrected chi connectivity index (χ1v) is 7.50. The number of hydrogen-bond acceptors (Lipinski definition) is 5. The third kappa shape index (κ3) is 2.46. The fourth-order valence-corrected chi connectivity index (χ4v) is 3.35. The molecule has 5 heteroatoms. The second kappa shape index (κ2) is 5.66. The Bertz CT molecular complexity index is 639. The molecular formula is C17H23N3O2. The molecular weight excluding hydrogens is 278 g/mol. The Kier molecular flexibility index (Phi) is 3.85. The van der Waals surface area contributed by atoms with E-state index >= 15 is 0 Å². The Morgan fingerprint density at radius 2 is 2.14 bits per heavy atom. The van der Waals surface area contributed by atoms with Gasteiger partial charge in [-0.3, -0.25) is 0 Å². The van der Waals surface area contributed by atoms with Crippen molar-refractivity contribution in [2.45, 2.75) is 31.0 Å². The molecule has 2 atom stereocenters. The summed E-state index contributed by atoms with van der Waals surface area (Å²) >= 11 is 0. The maximum Gasteiger partial charge on any atom is 0.125 e. The molecule has 2 aliphatic rings. The minimum atomic E-state index is -0.611. The Morgan fingerprint density at radius 3 is 2.86 bits per heavy atom. The molecule has 0 bridgehead atoms.